The zero-order chi connectivity index (χ0) is 13.2. The highest BCUT2D eigenvalue weighted by Gasteiger charge is 2.20. The van der Waals surface area contributed by atoms with Crippen LogP contribution in [0.2, 0.25) is 0 Å². The van der Waals surface area contributed by atoms with Crippen molar-refractivity contribution in [1.29, 1.82) is 0 Å². The second-order valence-corrected chi connectivity index (χ2v) is 6.58. The van der Waals surface area contributed by atoms with Gasteiger partial charge in [-0.1, -0.05) is 6.92 Å². The molecule has 1 aliphatic rings. The van der Waals surface area contributed by atoms with E-state index in [4.69, 9.17) is 9.97 Å². The highest BCUT2D eigenvalue weighted by molar-refractivity contribution is 7.98. The Morgan fingerprint density at radius 2 is 2.21 bits per heavy atom. The van der Waals surface area contributed by atoms with Crippen LogP contribution in [-0.2, 0) is 11.5 Å². The molecule has 3 rings (SSSR count). The summed E-state index contributed by atoms with van der Waals surface area (Å²) in [5.41, 5.74) is 3.77. The molecule has 19 heavy (non-hydrogen) atoms. The van der Waals surface area contributed by atoms with Crippen LogP contribution >= 0.6 is 23.1 Å². The number of thioether (sulfide) groups is 1. The molecule has 2 aromatic heterocycles. The summed E-state index contributed by atoms with van der Waals surface area (Å²) < 4.78 is 0. The molecular formula is C14H17N3S2. The van der Waals surface area contributed by atoms with Crippen LogP contribution in [0.4, 0.5) is 5.82 Å². The van der Waals surface area contributed by atoms with Crippen LogP contribution < -0.4 is 5.32 Å². The lowest BCUT2D eigenvalue weighted by Crippen LogP contribution is -2.08. The Kier molecular flexibility index (Phi) is 3.75. The van der Waals surface area contributed by atoms with Crippen LogP contribution in [0, 0.1) is 6.92 Å². The van der Waals surface area contributed by atoms with Crippen molar-refractivity contribution in [1.82, 2.24) is 9.97 Å². The van der Waals surface area contributed by atoms with Crippen LogP contribution in [0.25, 0.3) is 10.7 Å². The summed E-state index contributed by atoms with van der Waals surface area (Å²) in [6.45, 7) is 5.26. The topological polar surface area (TPSA) is 37.8 Å². The third kappa shape index (κ3) is 2.49. The molecule has 0 saturated heterocycles. The van der Waals surface area contributed by atoms with E-state index in [2.05, 4.69) is 30.6 Å². The molecule has 0 saturated carbocycles. The Hall–Kier alpha value is -1.07. The molecule has 0 aromatic carbocycles. The smallest absolute Gasteiger partial charge is 0.172 e. The van der Waals surface area contributed by atoms with E-state index in [1.54, 1.807) is 11.3 Å². The number of aromatic nitrogens is 2. The van der Waals surface area contributed by atoms with Crippen molar-refractivity contribution in [3.05, 3.63) is 28.3 Å². The van der Waals surface area contributed by atoms with Gasteiger partial charge < -0.3 is 5.32 Å². The summed E-state index contributed by atoms with van der Waals surface area (Å²) in [5.74, 6) is 3.97. The molecule has 0 atom stereocenters. The van der Waals surface area contributed by atoms with Gasteiger partial charge in [0.25, 0.3) is 0 Å². The summed E-state index contributed by atoms with van der Waals surface area (Å²) in [6, 6.07) is 2.13. The van der Waals surface area contributed by atoms with Crippen molar-refractivity contribution in [3.63, 3.8) is 0 Å². The number of anilines is 1. The van der Waals surface area contributed by atoms with Gasteiger partial charge in [-0.25, -0.2) is 9.97 Å². The Morgan fingerprint density at radius 1 is 1.32 bits per heavy atom. The molecule has 2 aromatic rings. The molecular weight excluding hydrogens is 274 g/mol. The first kappa shape index (κ1) is 12.9. The van der Waals surface area contributed by atoms with Gasteiger partial charge in [0, 0.05) is 23.6 Å². The zero-order valence-electron chi connectivity index (χ0n) is 11.2. The molecule has 0 bridgehead atoms. The fraction of sp³-hybridized carbons (Fsp3) is 0.429. The van der Waals surface area contributed by atoms with Crippen molar-refractivity contribution in [2.75, 3.05) is 11.9 Å². The first-order valence-electron chi connectivity index (χ1n) is 6.55. The minimum Gasteiger partial charge on any atom is -0.370 e. The molecule has 1 aliphatic heterocycles. The molecule has 1 N–H and O–H groups in total. The molecule has 0 radical (unpaired) electrons. The van der Waals surface area contributed by atoms with E-state index in [9.17, 15) is 0 Å². The van der Waals surface area contributed by atoms with Gasteiger partial charge in [-0.2, -0.15) is 11.8 Å². The Balaban J connectivity index is 2.05. The third-order valence-electron chi connectivity index (χ3n) is 3.19. The van der Waals surface area contributed by atoms with Gasteiger partial charge in [-0.05, 0) is 30.4 Å². The Morgan fingerprint density at radius 3 is 2.95 bits per heavy atom. The molecule has 100 valence electrons. The monoisotopic (exact) mass is 291 g/mol. The van der Waals surface area contributed by atoms with E-state index in [1.165, 1.54) is 21.7 Å². The average Bonchev–Trinajstić information content (AvgIpc) is 3.03. The van der Waals surface area contributed by atoms with E-state index in [1.807, 2.05) is 11.8 Å². The summed E-state index contributed by atoms with van der Waals surface area (Å²) in [5, 5.41) is 5.56. The van der Waals surface area contributed by atoms with E-state index in [0.717, 1.165) is 36.1 Å². The Bertz CT molecular complexity index is 592. The standard InChI is InChI=1S/C14H17N3S2/c1-3-5-15-13-10-7-18-8-11(10)16-14(17-13)12-9(2)4-6-19-12/h4,6H,3,5,7-8H2,1-2H3,(H,15,16,17). The second-order valence-electron chi connectivity index (χ2n) is 4.67. The number of aryl methyl sites for hydroxylation is 1. The largest absolute Gasteiger partial charge is 0.370 e. The summed E-state index contributed by atoms with van der Waals surface area (Å²) in [4.78, 5) is 10.7. The van der Waals surface area contributed by atoms with Crippen molar-refractivity contribution < 1.29 is 0 Å². The first-order valence-corrected chi connectivity index (χ1v) is 8.59. The van der Waals surface area contributed by atoms with Crippen molar-refractivity contribution >= 4 is 28.9 Å². The fourth-order valence-electron chi connectivity index (χ4n) is 2.14. The van der Waals surface area contributed by atoms with Crippen LogP contribution in [0.3, 0.4) is 0 Å². The first-order chi connectivity index (χ1) is 9.29. The average molecular weight is 291 g/mol. The van der Waals surface area contributed by atoms with Gasteiger partial charge in [0.15, 0.2) is 5.82 Å². The fourth-order valence-corrected chi connectivity index (χ4v) is 4.04. The maximum absolute atomic E-state index is 4.76. The normalized spacial score (nSPS) is 13.6. The molecule has 0 aliphatic carbocycles. The second kappa shape index (κ2) is 5.51. The molecule has 0 unspecified atom stereocenters. The van der Waals surface area contributed by atoms with Gasteiger partial charge in [-0.3, -0.25) is 0 Å². The summed E-state index contributed by atoms with van der Waals surface area (Å²) in [7, 11) is 0. The Labute approximate surface area is 121 Å². The number of thiophene rings is 1. The quantitative estimate of drug-likeness (QED) is 0.921. The SMILES string of the molecule is CCCNc1nc(-c2sccc2C)nc2c1CSC2. The maximum atomic E-state index is 4.76. The number of rotatable bonds is 4. The van der Waals surface area contributed by atoms with E-state index in [-0.39, 0.29) is 0 Å². The molecule has 0 amide bonds. The minimum atomic E-state index is 0.882. The van der Waals surface area contributed by atoms with E-state index in [0.29, 0.717) is 0 Å². The molecule has 3 nitrogen and oxygen atoms in total. The van der Waals surface area contributed by atoms with Gasteiger partial charge in [0.05, 0.1) is 10.6 Å². The lowest BCUT2D eigenvalue weighted by Gasteiger charge is -2.11. The number of nitrogens with zero attached hydrogens (tertiary/aromatic N) is 2. The van der Waals surface area contributed by atoms with Gasteiger partial charge >= 0.3 is 0 Å². The van der Waals surface area contributed by atoms with Gasteiger partial charge in [0.2, 0.25) is 0 Å². The van der Waals surface area contributed by atoms with Gasteiger partial charge in [0.1, 0.15) is 5.82 Å². The van der Waals surface area contributed by atoms with Gasteiger partial charge in [-0.15, -0.1) is 11.3 Å². The lowest BCUT2D eigenvalue weighted by atomic mass is 10.2. The summed E-state index contributed by atoms with van der Waals surface area (Å²) >= 11 is 3.64. The molecule has 5 heteroatoms. The van der Waals surface area contributed by atoms with Crippen LogP contribution in [-0.4, -0.2) is 16.5 Å². The number of hydrogen-bond donors (Lipinski definition) is 1. The molecule has 3 heterocycles. The number of hydrogen-bond acceptors (Lipinski definition) is 5. The maximum Gasteiger partial charge on any atom is 0.172 e. The van der Waals surface area contributed by atoms with Crippen LogP contribution in [0.5, 0.6) is 0 Å². The lowest BCUT2D eigenvalue weighted by molar-refractivity contribution is 0.955. The molecule has 0 fully saturated rings. The van der Waals surface area contributed by atoms with E-state index < -0.39 is 0 Å². The highest BCUT2D eigenvalue weighted by Crippen LogP contribution is 2.36. The minimum absolute atomic E-state index is 0.882. The van der Waals surface area contributed by atoms with Crippen molar-refractivity contribution in [2.24, 2.45) is 0 Å². The zero-order valence-corrected chi connectivity index (χ0v) is 12.8. The van der Waals surface area contributed by atoms with E-state index >= 15 is 0 Å². The number of fused-ring (bicyclic) bond motifs is 1. The predicted molar refractivity (Wildman–Crippen MR) is 83.9 cm³/mol. The number of nitrogens with one attached hydrogen (secondary N) is 1. The highest BCUT2D eigenvalue weighted by atomic mass is 32.2. The molecule has 0 spiro atoms. The van der Waals surface area contributed by atoms with Crippen LogP contribution in [0.15, 0.2) is 11.4 Å². The van der Waals surface area contributed by atoms with Crippen LogP contribution in [0.1, 0.15) is 30.2 Å². The third-order valence-corrected chi connectivity index (χ3v) is 5.17. The van der Waals surface area contributed by atoms with Crippen molar-refractivity contribution in [2.45, 2.75) is 31.8 Å². The predicted octanol–water partition coefficient (Wildman–Crippen LogP) is 4.08. The van der Waals surface area contributed by atoms with Crippen molar-refractivity contribution in [3.8, 4) is 10.7 Å². The summed E-state index contributed by atoms with van der Waals surface area (Å²) in [6.07, 6.45) is 1.11.